The highest BCUT2D eigenvalue weighted by Crippen LogP contribution is 2.25. The van der Waals surface area contributed by atoms with Crippen LogP contribution < -0.4 is 16.0 Å². The van der Waals surface area contributed by atoms with Crippen LogP contribution in [0.3, 0.4) is 0 Å². The van der Waals surface area contributed by atoms with E-state index in [0.717, 1.165) is 19.3 Å². The molecule has 3 N–H and O–H groups in total. The van der Waals surface area contributed by atoms with Crippen LogP contribution in [0.1, 0.15) is 45.5 Å². The molecular weight excluding hydrogens is 567 g/mol. The van der Waals surface area contributed by atoms with Gasteiger partial charge in [0.05, 0.1) is 34.0 Å². The van der Waals surface area contributed by atoms with Gasteiger partial charge >= 0.3 is 12.0 Å². The van der Waals surface area contributed by atoms with Gasteiger partial charge in [-0.05, 0) is 61.2 Å². The Bertz CT molecular complexity index is 1400. The van der Waals surface area contributed by atoms with Crippen LogP contribution in [-0.2, 0) is 16.0 Å². The van der Waals surface area contributed by atoms with Crippen molar-refractivity contribution in [2.75, 3.05) is 30.8 Å². The number of nitrogens with one attached hydrogen (secondary N) is 3. The summed E-state index contributed by atoms with van der Waals surface area (Å²) in [5.74, 6) is -1.24. The topological polar surface area (TPSA) is 117 Å². The van der Waals surface area contributed by atoms with Crippen molar-refractivity contribution in [3.63, 3.8) is 0 Å². The lowest BCUT2D eigenvalue weighted by Gasteiger charge is -2.27. The smallest absolute Gasteiger partial charge is 0.328 e. The summed E-state index contributed by atoms with van der Waals surface area (Å²) in [5, 5.41) is 8.55. The second-order valence-electron chi connectivity index (χ2n) is 9.52. The number of urea groups is 1. The van der Waals surface area contributed by atoms with Crippen LogP contribution in [0.4, 0.5) is 16.2 Å². The van der Waals surface area contributed by atoms with Crippen molar-refractivity contribution >= 4 is 58.4 Å². The molecule has 4 rings (SSSR count). The molecule has 214 valence electrons. The predicted molar refractivity (Wildman–Crippen MR) is 159 cm³/mol. The molecule has 1 atom stereocenters. The monoisotopic (exact) mass is 596 g/mol. The summed E-state index contributed by atoms with van der Waals surface area (Å²) in [5.41, 5.74) is 2.10. The van der Waals surface area contributed by atoms with Crippen molar-refractivity contribution < 1.29 is 23.9 Å². The number of anilines is 2. The molecule has 9 nitrogen and oxygen atoms in total. The number of para-hydroxylation sites is 1. The molecule has 0 aliphatic carbocycles. The lowest BCUT2D eigenvalue weighted by atomic mass is 10.1. The van der Waals surface area contributed by atoms with E-state index >= 15 is 0 Å². The normalized spacial score (nSPS) is 13.6. The number of likely N-dealkylation sites (tertiary alicyclic amines) is 1. The summed E-state index contributed by atoms with van der Waals surface area (Å²) in [4.78, 5) is 52.9. The fraction of sp³-hybridized carbons (Fsp3) is 0.267. The second-order valence-corrected chi connectivity index (χ2v) is 10.3. The number of hydrogen-bond acceptors (Lipinski definition) is 5. The first-order valence-electron chi connectivity index (χ1n) is 13.1. The molecule has 1 fully saturated rings. The third-order valence-electron chi connectivity index (χ3n) is 6.68. The van der Waals surface area contributed by atoms with Crippen molar-refractivity contribution in [1.82, 2.24) is 10.2 Å². The van der Waals surface area contributed by atoms with Gasteiger partial charge in [0.2, 0.25) is 0 Å². The molecule has 0 bridgehead atoms. The number of carbonyl (C=O) groups is 4. The van der Waals surface area contributed by atoms with Gasteiger partial charge in [-0.1, -0.05) is 53.5 Å². The van der Waals surface area contributed by atoms with Gasteiger partial charge < -0.3 is 25.6 Å². The molecule has 0 radical (unpaired) electrons. The van der Waals surface area contributed by atoms with Gasteiger partial charge in [0, 0.05) is 25.2 Å². The molecule has 1 heterocycles. The lowest BCUT2D eigenvalue weighted by molar-refractivity contribution is -0.142. The molecule has 0 unspecified atom stereocenters. The third kappa shape index (κ3) is 7.77. The number of nitrogens with zero attached hydrogens (tertiary/aromatic N) is 1. The Balaban J connectivity index is 1.40. The van der Waals surface area contributed by atoms with Crippen LogP contribution in [-0.4, -0.2) is 55.0 Å². The van der Waals surface area contributed by atoms with Crippen molar-refractivity contribution in [3.8, 4) is 0 Å². The molecule has 0 spiro atoms. The van der Waals surface area contributed by atoms with Gasteiger partial charge in [0.25, 0.3) is 11.8 Å². The maximum Gasteiger partial charge on any atom is 0.328 e. The number of rotatable bonds is 8. The van der Waals surface area contributed by atoms with Crippen LogP contribution in [0.25, 0.3) is 0 Å². The summed E-state index contributed by atoms with van der Waals surface area (Å²) in [6.07, 6.45) is 3.12. The standard InChI is InChI=1S/C30H30Cl2N4O5/c1-41-29(39)25(18-19-12-14-20(15-13-19)33-27(37)26-22(31)9-7-10-23(26)32)35-30(40)34-24-11-4-3-8-21(24)28(38)36-16-5-2-6-17-36/h3-4,7-15,25H,2,5-6,16-18H2,1H3,(H,33,37)(H2,34,35,40)/t25-/m0/s1. The summed E-state index contributed by atoms with van der Waals surface area (Å²) in [7, 11) is 1.24. The van der Waals surface area contributed by atoms with Gasteiger partial charge in [-0.2, -0.15) is 0 Å². The van der Waals surface area contributed by atoms with E-state index in [9.17, 15) is 19.2 Å². The van der Waals surface area contributed by atoms with Gasteiger partial charge in [-0.15, -0.1) is 0 Å². The lowest BCUT2D eigenvalue weighted by Crippen LogP contribution is -2.45. The molecule has 1 aliphatic rings. The Morgan fingerprint density at radius 3 is 2.17 bits per heavy atom. The highest BCUT2D eigenvalue weighted by molar-refractivity contribution is 6.40. The molecule has 41 heavy (non-hydrogen) atoms. The molecule has 11 heteroatoms. The first-order chi connectivity index (χ1) is 19.8. The summed E-state index contributed by atoms with van der Waals surface area (Å²) >= 11 is 12.2. The Labute approximate surface area is 248 Å². The summed E-state index contributed by atoms with van der Waals surface area (Å²) < 4.78 is 4.90. The quantitative estimate of drug-likeness (QED) is 0.285. The van der Waals surface area contributed by atoms with E-state index in [1.54, 1.807) is 71.6 Å². The zero-order valence-corrected chi connectivity index (χ0v) is 23.9. The van der Waals surface area contributed by atoms with E-state index in [1.165, 1.54) is 7.11 Å². The van der Waals surface area contributed by atoms with Crippen molar-refractivity contribution in [3.05, 3.63) is 93.5 Å². The van der Waals surface area contributed by atoms with E-state index < -0.39 is 23.9 Å². The van der Waals surface area contributed by atoms with Gasteiger partial charge in [-0.25, -0.2) is 9.59 Å². The summed E-state index contributed by atoms with van der Waals surface area (Å²) in [6.45, 7) is 1.36. The SMILES string of the molecule is COC(=O)[C@H](Cc1ccc(NC(=O)c2c(Cl)cccc2Cl)cc1)NC(=O)Nc1ccccc1C(=O)N1CCCCC1. The number of halogens is 2. The van der Waals surface area contributed by atoms with Crippen molar-refractivity contribution in [2.45, 2.75) is 31.7 Å². The Kier molecular flexibility index (Phi) is 10.2. The van der Waals surface area contributed by atoms with Crippen molar-refractivity contribution in [2.24, 2.45) is 0 Å². The van der Waals surface area contributed by atoms with E-state index in [0.29, 0.717) is 35.6 Å². The zero-order chi connectivity index (χ0) is 29.4. The molecule has 0 saturated carbocycles. The van der Waals surface area contributed by atoms with Gasteiger partial charge in [0.1, 0.15) is 6.04 Å². The Morgan fingerprint density at radius 1 is 0.854 bits per heavy atom. The van der Waals surface area contributed by atoms with Crippen molar-refractivity contribution in [1.29, 1.82) is 0 Å². The Hall–Kier alpha value is -4.08. The molecule has 0 aromatic heterocycles. The average Bonchev–Trinajstić information content (AvgIpc) is 2.97. The molecule has 4 amide bonds. The highest BCUT2D eigenvalue weighted by Gasteiger charge is 2.25. The van der Waals surface area contributed by atoms with E-state index in [2.05, 4.69) is 16.0 Å². The molecule has 3 aromatic rings. The number of hydrogen-bond donors (Lipinski definition) is 3. The molecular formula is C30H30Cl2N4O5. The number of esters is 1. The fourth-order valence-electron chi connectivity index (χ4n) is 4.57. The van der Waals surface area contributed by atoms with Crippen LogP contribution >= 0.6 is 23.2 Å². The third-order valence-corrected chi connectivity index (χ3v) is 7.31. The molecule has 1 saturated heterocycles. The average molecular weight is 597 g/mol. The summed E-state index contributed by atoms with van der Waals surface area (Å²) in [6, 6.07) is 16.7. The number of amides is 4. The minimum absolute atomic E-state index is 0.124. The largest absolute Gasteiger partial charge is 0.467 e. The van der Waals surface area contributed by atoms with Crippen LogP contribution in [0, 0.1) is 0 Å². The number of ether oxygens (including phenoxy) is 1. The number of carbonyl (C=O) groups excluding carboxylic acids is 4. The maximum absolute atomic E-state index is 13.1. The van der Waals surface area contributed by atoms with Gasteiger partial charge in [-0.3, -0.25) is 9.59 Å². The first kappa shape index (κ1) is 29.9. The highest BCUT2D eigenvalue weighted by atomic mass is 35.5. The minimum Gasteiger partial charge on any atom is -0.467 e. The van der Waals surface area contributed by atoms with Crippen LogP contribution in [0.15, 0.2) is 66.7 Å². The number of benzene rings is 3. The van der Waals surface area contributed by atoms with E-state index in [-0.39, 0.29) is 27.9 Å². The van der Waals surface area contributed by atoms with Crippen LogP contribution in [0.2, 0.25) is 10.0 Å². The van der Waals surface area contributed by atoms with Gasteiger partial charge in [0.15, 0.2) is 0 Å². The fourth-order valence-corrected chi connectivity index (χ4v) is 5.14. The number of methoxy groups -OCH3 is 1. The molecule has 3 aromatic carbocycles. The minimum atomic E-state index is -1.01. The number of piperidine rings is 1. The zero-order valence-electron chi connectivity index (χ0n) is 22.4. The second kappa shape index (κ2) is 14.0. The molecule has 1 aliphatic heterocycles. The predicted octanol–water partition coefficient (Wildman–Crippen LogP) is 5.78. The maximum atomic E-state index is 13.1. The van der Waals surface area contributed by atoms with E-state index in [1.807, 2.05) is 0 Å². The van der Waals surface area contributed by atoms with Crippen LogP contribution in [0.5, 0.6) is 0 Å². The first-order valence-corrected chi connectivity index (χ1v) is 13.9. The Morgan fingerprint density at radius 2 is 1.51 bits per heavy atom. The van der Waals surface area contributed by atoms with E-state index in [4.69, 9.17) is 27.9 Å².